The number of nitrogens with one attached hydrogen (secondary N) is 1. The first-order valence-electron chi connectivity index (χ1n) is 30.5. The molecule has 0 aliphatic rings. The molecule has 6 atom stereocenters. The summed E-state index contributed by atoms with van der Waals surface area (Å²) in [7, 11) is 1.37. The van der Waals surface area contributed by atoms with Crippen LogP contribution in [-0.2, 0) is 37.6 Å². The second kappa shape index (κ2) is 30.8. The van der Waals surface area contributed by atoms with Gasteiger partial charge in [0.25, 0.3) is 5.91 Å². The standard InChI is InChI=1S/C25H21F3N2O5.C24H20F3N3O4.C23H18F3N3O4/c1-2-34-24(33)23(32)22(31)19-14-30(20-6-4-3-5-18(19)20)16-8-10-17(11-9-16)35-21-12-7-15(13-29-21)25(26,27)28;1-28-23(33)22(32)21(31)18-13-30(19-5-3-2-4-17(18)19)15-7-9-16(10-8-15)34-20-11-6-14(12-29-20)24(25,26)27;24-23(25,26)13-5-10-19(28-11-13)33-15-8-6-14(7-9-15)29-12-17(20(30)21(31)22(27)32)16-3-1-2-4-18(16)29/h3-14,22-23,31-32H,2H2,1H3;2-13,21-22,31-32H,1H3,(H,28,33);1-12,20-21,30-31H,(H2,27,32)/t22-,23+;21-,22+;20-,21+/m111/s1. The molecule has 0 unspecified atom stereocenters. The molecule has 0 spiro atoms. The smallest absolute Gasteiger partial charge is 0.417 e. The average molecular weight is 1420 g/mol. The van der Waals surface area contributed by atoms with E-state index in [1.54, 1.807) is 161 Å². The van der Waals surface area contributed by atoms with Crippen LogP contribution in [0.5, 0.6) is 34.9 Å². The van der Waals surface area contributed by atoms with Gasteiger partial charge in [-0.15, -0.1) is 0 Å². The van der Waals surface area contributed by atoms with Crippen LogP contribution in [0, 0.1) is 0 Å². The Kier molecular flexibility index (Phi) is 22.1. The minimum Gasteiger partial charge on any atom is -0.464 e. The third kappa shape index (κ3) is 16.8. The Balaban J connectivity index is 0.000000165. The molecule has 6 aromatic carbocycles. The van der Waals surface area contributed by atoms with Crippen molar-refractivity contribution in [2.45, 2.75) is 62.1 Å². The van der Waals surface area contributed by atoms with Crippen LogP contribution in [0.15, 0.2) is 219 Å². The third-order valence-corrected chi connectivity index (χ3v) is 15.6. The summed E-state index contributed by atoms with van der Waals surface area (Å²) in [5.41, 5.74) is 7.76. The number of aromatic nitrogens is 6. The van der Waals surface area contributed by atoms with Crippen LogP contribution in [-0.4, -0.2) is 109 Å². The van der Waals surface area contributed by atoms with Crippen molar-refractivity contribution in [3.8, 4) is 52.0 Å². The van der Waals surface area contributed by atoms with E-state index in [2.05, 4.69) is 20.3 Å². The van der Waals surface area contributed by atoms with Gasteiger partial charge in [0, 0.05) is 112 Å². The minimum atomic E-state index is -4.48. The topological polar surface area (TPSA) is 301 Å². The zero-order valence-corrected chi connectivity index (χ0v) is 53.2. The van der Waals surface area contributed by atoms with Crippen molar-refractivity contribution >= 4 is 50.5 Å². The summed E-state index contributed by atoms with van der Waals surface area (Å²) < 4.78 is 141. The SMILES string of the molecule is CCOC(=O)[C@@H](O)[C@H](O)c1cn(-c2ccc(Oc3ccc(C(F)(F)F)cn3)cc2)c2ccccc12.CNC(=O)[C@@H](O)[C@H](O)c1cn(-c2ccc(Oc3ccc(C(F)(F)F)cn3)cc2)c2ccccc12.NC(=O)[C@@H](O)[C@H](O)c1cn(-c2ccc(Oc3ccc(C(F)(F)F)cn3)cc2)c2ccccc12. The monoisotopic (exact) mass is 1410 g/mol. The Bertz CT molecular complexity index is 4880. The number of hydrogen-bond acceptors (Lipinski definition) is 16. The minimum absolute atomic E-state index is 0.00742. The number of aliphatic hydroxyl groups is 6. The predicted molar refractivity (Wildman–Crippen MR) is 351 cm³/mol. The molecule has 12 aromatic rings. The molecule has 2 amide bonds. The maximum absolute atomic E-state index is 12.7. The molecule has 0 fully saturated rings. The molecule has 6 heterocycles. The molecule has 30 heteroatoms. The number of aliphatic hydroxyl groups excluding tert-OH is 6. The largest absolute Gasteiger partial charge is 0.464 e. The van der Waals surface area contributed by atoms with Crippen molar-refractivity contribution in [3.05, 3.63) is 253 Å². The number of alkyl halides is 9. The molecule has 0 radical (unpaired) electrons. The van der Waals surface area contributed by atoms with Crippen molar-refractivity contribution in [1.29, 1.82) is 0 Å². The number of nitrogens with two attached hydrogens (primary N) is 1. The fourth-order valence-electron chi connectivity index (χ4n) is 10.5. The van der Waals surface area contributed by atoms with Crippen molar-refractivity contribution in [2.24, 2.45) is 5.73 Å². The normalized spacial score (nSPS) is 13.5. The highest BCUT2D eigenvalue weighted by atomic mass is 19.4. The number of fused-ring (bicyclic) bond motifs is 3. The van der Waals surface area contributed by atoms with Gasteiger partial charge >= 0.3 is 24.5 Å². The van der Waals surface area contributed by atoms with Crippen molar-refractivity contribution in [3.63, 3.8) is 0 Å². The first-order chi connectivity index (χ1) is 48.5. The maximum atomic E-state index is 12.7. The Morgan fingerprint density at radius 3 is 0.990 bits per heavy atom. The van der Waals surface area contributed by atoms with Crippen molar-refractivity contribution < 1.29 is 103 Å². The fraction of sp³-hybridized carbons (Fsp3) is 0.167. The van der Waals surface area contributed by atoms with E-state index in [0.717, 1.165) is 47.4 Å². The zero-order valence-electron chi connectivity index (χ0n) is 53.2. The van der Waals surface area contributed by atoms with Crippen LogP contribution in [0.2, 0.25) is 0 Å². The van der Waals surface area contributed by atoms with Gasteiger partial charge in [-0.25, -0.2) is 19.7 Å². The van der Waals surface area contributed by atoms with Crippen LogP contribution in [0.3, 0.4) is 0 Å². The van der Waals surface area contributed by atoms with E-state index < -0.39 is 89.6 Å². The lowest BCUT2D eigenvalue weighted by atomic mass is 10.0. The van der Waals surface area contributed by atoms with E-state index in [-0.39, 0.29) is 24.2 Å². The summed E-state index contributed by atoms with van der Waals surface area (Å²) in [6.45, 7) is 1.67. The number of ether oxygens (including phenoxy) is 4. The Morgan fingerprint density at radius 2 is 0.725 bits per heavy atom. The number of nitrogens with zero attached hydrogens (tertiary/aromatic N) is 6. The molecule has 528 valence electrons. The molecule has 0 aliphatic carbocycles. The molecule has 0 saturated carbocycles. The molecule has 0 saturated heterocycles. The molecular formula is C72H59F9N8O13. The van der Waals surface area contributed by atoms with Crippen LogP contribution in [0.1, 0.15) is 58.6 Å². The number of primary amides is 1. The van der Waals surface area contributed by atoms with Gasteiger partial charge in [-0.1, -0.05) is 54.6 Å². The lowest BCUT2D eigenvalue weighted by Crippen LogP contribution is -2.36. The quantitative estimate of drug-likeness (QED) is 0.0276. The second-order valence-electron chi connectivity index (χ2n) is 22.3. The van der Waals surface area contributed by atoms with Gasteiger partial charge in [0.1, 0.15) is 35.6 Å². The van der Waals surface area contributed by atoms with Crippen LogP contribution >= 0.6 is 0 Å². The van der Waals surface area contributed by atoms with Crippen LogP contribution in [0.25, 0.3) is 49.8 Å². The lowest BCUT2D eigenvalue weighted by Gasteiger charge is -2.15. The van der Waals surface area contributed by atoms with Gasteiger partial charge in [-0.2, -0.15) is 39.5 Å². The molecule has 21 nitrogen and oxygen atoms in total. The number of esters is 1. The fourth-order valence-corrected chi connectivity index (χ4v) is 10.5. The van der Waals surface area contributed by atoms with E-state index in [9.17, 15) is 84.5 Å². The predicted octanol–water partition coefficient (Wildman–Crippen LogP) is 12.5. The summed E-state index contributed by atoms with van der Waals surface area (Å²) in [6, 6.07) is 47.5. The highest BCUT2D eigenvalue weighted by Gasteiger charge is 2.35. The number of likely N-dealkylation sites (N-methyl/N-ethyl adjacent to an activating group) is 1. The number of halogens is 9. The Morgan fingerprint density at radius 1 is 0.431 bits per heavy atom. The number of carbonyl (C=O) groups excluding carboxylic acids is 3. The molecule has 12 rings (SSSR count). The number of benzene rings is 6. The zero-order chi connectivity index (χ0) is 73.4. The molecule has 9 N–H and O–H groups in total. The molecule has 0 aliphatic heterocycles. The van der Waals surface area contributed by atoms with Gasteiger partial charge in [0.15, 0.2) is 18.3 Å². The second-order valence-corrected chi connectivity index (χ2v) is 22.3. The number of para-hydroxylation sites is 3. The average Bonchev–Trinajstić information content (AvgIpc) is 1.64. The molecule has 0 bridgehead atoms. The first kappa shape index (κ1) is 73.1. The Hall–Kier alpha value is -11.7. The van der Waals surface area contributed by atoms with Crippen molar-refractivity contribution in [2.75, 3.05) is 13.7 Å². The molecule has 102 heavy (non-hydrogen) atoms. The summed E-state index contributed by atoms with van der Waals surface area (Å²) in [5, 5.41) is 66.2. The summed E-state index contributed by atoms with van der Waals surface area (Å²) in [6.07, 6.45) is -16.1. The number of carbonyl (C=O) groups is 3. The van der Waals surface area contributed by atoms with E-state index in [4.69, 9.17) is 24.7 Å². The van der Waals surface area contributed by atoms with Crippen LogP contribution < -0.4 is 25.3 Å². The van der Waals surface area contributed by atoms with E-state index in [1.165, 1.54) is 7.05 Å². The van der Waals surface area contributed by atoms with E-state index in [0.29, 0.717) is 91.3 Å². The maximum Gasteiger partial charge on any atom is 0.417 e. The van der Waals surface area contributed by atoms with Gasteiger partial charge in [0.2, 0.25) is 23.5 Å². The van der Waals surface area contributed by atoms with Gasteiger partial charge in [-0.05, 0) is 116 Å². The lowest BCUT2D eigenvalue weighted by molar-refractivity contribution is -0.159. The summed E-state index contributed by atoms with van der Waals surface area (Å²) >= 11 is 0. The number of pyridine rings is 3. The van der Waals surface area contributed by atoms with E-state index in [1.807, 2.05) is 24.3 Å². The summed E-state index contributed by atoms with van der Waals surface area (Å²) in [5.74, 6) is -1.56. The van der Waals surface area contributed by atoms with Crippen molar-refractivity contribution in [1.82, 2.24) is 34.0 Å². The summed E-state index contributed by atoms with van der Waals surface area (Å²) in [4.78, 5) is 46.1. The van der Waals surface area contributed by atoms with Gasteiger partial charge < -0.3 is 74.3 Å². The highest BCUT2D eigenvalue weighted by molar-refractivity contribution is 5.90. The van der Waals surface area contributed by atoms with Gasteiger partial charge in [0.05, 0.1) is 39.8 Å². The third-order valence-electron chi connectivity index (χ3n) is 15.6. The number of rotatable bonds is 19. The van der Waals surface area contributed by atoms with Crippen LogP contribution in [0.4, 0.5) is 39.5 Å². The molecular weight excluding hydrogens is 1360 g/mol. The number of amides is 2. The van der Waals surface area contributed by atoms with E-state index >= 15 is 0 Å². The Labute approximate surface area is 571 Å². The number of hydrogen-bond donors (Lipinski definition) is 8. The van der Waals surface area contributed by atoms with Gasteiger partial charge in [-0.3, -0.25) is 9.59 Å². The molecule has 6 aromatic heterocycles. The highest BCUT2D eigenvalue weighted by Crippen LogP contribution is 2.38. The first-order valence-corrected chi connectivity index (χ1v) is 30.5.